The van der Waals surface area contributed by atoms with E-state index < -0.39 is 0 Å². The second-order valence-corrected chi connectivity index (χ2v) is 6.32. The summed E-state index contributed by atoms with van der Waals surface area (Å²) in [6.07, 6.45) is 4.59. The van der Waals surface area contributed by atoms with Gasteiger partial charge in [-0.3, -0.25) is 4.79 Å². The van der Waals surface area contributed by atoms with E-state index in [2.05, 4.69) is 20.2 Å². The van der Waals surface area contributed by atoms with Gasteiger partial charge in [-0.15, -0.1) is 0 Å². The third-order valence-corrected chi connectivity index (χ3v) is 4.69. The fraction of sp³-hybridized carbons (Fsp3) is 0.706. The molecular weight excluding hydrogens is 306 g/mol. The Kier molecular flexibility index (Phi) is 5.85. The zero-order valence-electron chi connectivity index (χ0n) is 14.4. The molecule has 2 fully saturated rings. The predicted molar refractivity (Wildman–Crippen MR) is 92.2 cm³/mol. The Hall–Kier alpha value is -1.89. The van der Waals surface area contributed by atoms with Crippen LogP contribution >= 0.6 is 0 Å². The third-order valence-electron chi connectivity index (χ3n) is 4.69. The smallest absolute Gasteiger partial charge is 0.228 e. The highest BCUT2D eigenvalue weighted by Crippen LogP contribution is 2.19. The molecular formula is C17H27N5O2. The van der Waals surface area contributed by atoms with Crippen LogP contribution in [-0.2, 0) is 4.79 Å². The van der Waals surface area contributed by atoms with Gasteiger partial charge in [-0.2, -0.15) is 4.98 Å². The van der Waals surface area contributed by atoms with Crippen molar-refractivity contribution >= 4 is 11.9 Å². The number of hydrogen-bond acceptors (Lipinski definition) is 6. The van der Waals surface area contributed by atoms with Gasteiger partial charge in [-0.1, -0.05) is 0 Å². The molecule has 0 aliphatic carbocycles. The molecule has 2 aliphatic heterocycles. The van der Waals surface area contributed by atoms with E-state index in [-0.39, 0.29) is 5.92 Å². The van der Waals surface area contributed by atoms with E-state index in [0.29, 0.717) is 24.3 Å². The van der Waals surface area contributed by atoms with Crippen LogP contribution in [0.1, 0.15) is 26.2 Å². The van der Waals surface area contributed by atoms with Crippen LogP contribution in [0.3, 0.4) is 0 Å². The van der Waals surface area contributed by atoms with Crippen molar-refractivity contribution in [3.8, 4) is 5.88 Å². The molecule has 132 valence electrons. The number of rotatable bonds is 4. The Morgan fingerprint density at radius 3 is 2.92 bits per heavy atom. The van der Waals surface area contributed by atoms with Gasteiger partial charge in [0, 0.05) is 44.4 Å². The lowest BCUT2D eigenvalue weighted by Crippen LogP contribution is -2.42. The van der Waals surface area contributed by atoms with Gasteiger partial charge in [0.15, 0.2) is 0 Å². The van der Waals surface area contributed by atoms with Gasteiger partial charge in [-0.05, 0) is 39.3 Å². The molecule has 7 heteroatoms. The second kappa shape index (κ2) is 8.28. The van der Waals surface area contributed by atoms with Crippen molar-refractivity contribution < 1.29 is 9.53 Å². The van der Waals surface area contributed by atoms with E-state index in [1.165, 1.54) is 0 Å². The zero-order valence-corrected chi connectivity index (χ0v) is 14.4. The van der Waals surface area contributed by atoms with Gasteiger partial charge < -0.3 is 19.9 Å². The van der Waals surface area contributed by atoms with Crippen molar-refractivity contribution in [1.82, 2.24) is 20.2 Å². The van der Waals surface area contributed by atoms with E-state index >= 15 is 0 Å². The Morgan fingerprint density at radius 2 is 2.12 bits per heavy atom. The minimum absolute atomic E-state index is 0.190. The summed E-state index contributed by atoms with van der Waals surface area (Å²) in [5.74, 6) is 1.81. The number of aromatic nitrogens is 2. The first kappa shape index (κ1) is 17.0. The minimum Gasteiger partial charge on any atom is -0.478 e. The Bertz CT molecular complexity index is 548. The molecule has 2 saturated heterocycles. The van der Waals surface area contributed by atoms with Crippen molar-refractivity contribution in [2.45, 2.75) is 26.2 Å². The van der Waals surface area contributed by atoms with Crippen molar-refractivity contribution in [3.63, 3.8) is 0 Å². The fourth-order valence-corrected chi connectivity index (χ4v) is 3.38. The lowest BCUT2D eigenvalue weighted by atomic mass is 9.96. The van der Waals surface area contributed by atoms with E-state index in [0.717, 1.165) is 58.5 Å². The molecule has 2 aliphatic rings. The lowest BCUT2D eigenvalue weighted by Gasteiger charge is -2.28. The standard InChI is InChI=1S/C17H27N5O2/c1-2-24-15-6-9-19-17(20-15)22-11-3-10-21(12-13-22)16(23)14-4-7-18-8-5-14/h6,9,14,18H,2-5,7-8,10-13H2,1H3. The quantitative estimate of drug-likeness (QED) is 0.883. The van der Waals surface area contributed by atoms with Gasteiger partial charge in [0.1, 0.15) is 0 Å². The number of nitrogens with one attached hydrogen (secondary N) is 1. The number of hydrogen-bond donors (Lipinski definition) is 1. The fourth-order valence-electron chi connectivity index (χ4n) is 3.38. The van der Waals surface area contributed by atoms with Crippen LogP contribution in [0.25, 0.3) is 0 Å². The Labute approximate surface area is 143 Å². The van der Waals surface area contributed by atoms with Gasteiger partial charge in [0.05, 0.1) is 6.61 Å². The molecule has 0 aromatic carbocycles. The van der Waals surface area contributed by atoms with Gasteiger partial charge in [-0.25, -0.2) is 4.98 Å². The maximum absolute atomic E-state index is 12.7. The number of carbonyl (C=O) groups is 1. The van der Waals surface area contributed by atoms with E-state index in [1.54, 1.807) is 12.3 Å². The maximum Gasteiger partial charge on any atom is 0.228 e. The zero-order chi connectivity index (χ0) is 16.8. The molecule has 24 heavy (non-hydrogen) atoms. The average molecular weight is 333 g/mol. The third kappa shape index (κ3) is 4.14. The lowest BCUT2D eigenvalue weighted by molar-refractivity contribution is -0.136. The molecule has 0 saturated carbocycles. The van der Waals surface area contributed by atoms with E-state index in [1.807, 2.05) is 11.8 Å². The van der Waals surface area contributed by atoms with Crippen LogP contribution in [0.4, 0.5) is 5.95 Å². The molecule has 0 atom stereocenters. The largest absolute Gasteiger partial charge is 0.478 e. The molecule has 7 nitrogen and oxygen atoms in total. The van der Waals surface area contributed by atoms with Crippen LogP contribution in [0.2, 0.25) is 0 Å². The molecule has 1 aromatic heterocycles. The molecule has 0 radical (unpaired) electrons. The van der Waals surface area contributed by atoms with Crippen molar-refractivity contribution in [3.05, 3.63) is 12.3 Å². The van der Waals surface area contributed by atoms with Gasteiger partial charge in [0.25, 0.3) is 0 Å². The van der Waals surface area contributed by atoms with E-state index in [4.69, 9.17) is 4.74 Å². The molecule has 0 spiro atoms. The number of anilines is 1. The van der Waals surface area contributed by atoms with Crippen LogP contribution < -0.4 is 15.0 Å². The van der Waals surface area contributed by atoms with Crippen molar-refractivity contribution in [1.29, 1.82) is 0 Å². The summed E-state index contributed by atoms with van der Waals surface area (Å²) in [7, 11) is 0. The first-order valence-corrected chi connectivity index (χ1v) is 8.98. The number of piperidine rings is 1. The van der Waals surface area contributed by atoms with Gasteiger partial charge >= 0.3 is 0 Å². The summed E-state index contributed by atoms with van der Waals surface area (Å²) in [5.41, 5.74) is 0. The summed E-state index contributed by atoms with van der Waals surface area (Å²) in [5, 5.41) is 3.32. The van der Waals surface area contributed by atoms with Crippen LogP contribution in [-0.4, -0.2) is 66.7 Å². The molecule has 1 N–H and O–H groups in total. The molecule has 0 bridgehead atoms. The number of carbonyl (C=O) groups excluding carboxylic acids is 1. The molecule has 1 aromatic rings. The molecule has 3 heterocycles. The minimum atomic E-state index is 0.190. The summed E-state index contributed by atoms with van der Waals surface area (Å²) >= 11 is 0. The number of amides is 1. The summed E-state index contributed by atoms with van der Waals surface area (Å²) < 4.78 is 5.46. The highest BCUT2D eigenvalue weighted by Gasteiger charge is 2.27. The molecule has 0 unspecified atom stereocenters. The summed E-state index contributed by atoms with van der Waals surface area (Å²) in [6, 6.07) is 1.78. The van der Waals surface area contributed by atoms with E-state index in [9.17, 15) is 4.79 Å². The van der Waals surface area contributed by atoms with Gasteiger partial charge in [0.2, 0.25) is 17.7 Å². The second-order valence-electron chi connectivity index (χ2n) is 6.32. The Balaban J connectivity index is 1.60. The normalized spacial score (nSPS) is 19.9. The van der Waals surface area contributed by atoms with Crippen molar-refractivity contribution in [2.75, 3.05) is 50.8 Å². The van der Waals surface area contributed by atoms with Crippen molar-refractivity contribution in [2.24, 2.45) is 5.92 Å². The number of ether oxygens (including phenoxy) is 1. The first-order chi connectivity index (χ1) is 11.8. The van der Waals surface area contributed by atoms with Crippen LogP contribution in [0, 0.1) is 5.92 Å². The van der Waals surface area contributed by atoms with Crippen LogP contribution in [0.5, 0.6) is 5.88 Å². The highest BCUT2D eigenvalue weighted by molar-refractivity contribution is 5.79. The highest BCUT2D eigenvalue weighted by atomic mass is 16.5. The molecule has 1 amide bonds. The first-order valence-electron chi connectivity index (χ1n) is 8.98. The maximum atomic E-state index is 12.7. The topological polar surface area (TPSA) is 70.6 Å². The monoisotopic (exact) mass is 333 g/mol. The number of nitrogens with zero attached hydrogens (tertiary/aromatic N) is 4. The average Bonchev–Trinajstić information content (AvgIpc) is 2.89. The van der Waals surface area contributed by atoms with Crippen LogP contribution in [0.15, 0.2) is 12.3 Å². The Morgan fingerprint density at radius 1 is 1.29 bits per heavy atom. The predicted octanol–water partition coefficient (Wildman–Crippen LogP) is 0.914. The summed E-state index contributed by atoms with van der Waals surface area (Å²) in [6.45, 7) is 7.64. The summed E-state index contributed by atoms with van der Waals surface area (Å²) in [4.78, 5) is 25.7. The molecule has 3 rings (SSSR count). The SMILES string of the molecule is CCOc1ccnc(N2CCCN(C(=O)C3CCNCC3)CC2)n1.